The fourth-order valence-electron chi connectivity index (χ4n) is 1.76. The van der Waals surface area contributed by atoms with E-state index in [4.69, 9.17) is 16.3 Å². The number of rotatable bonds is 4. The molecule has 2 rings (SSSR count). The van der Waals surface area contributed by atoms with Crippen molar-refractivity contribution in [2.45, 2.75) is 0 Å². The van der Waals surface area contributed by atoms with Crippen LogP contribution >= 0.6 is 11.6 Å². The number of nitrogens with zero attached hydrogens (tertiary/aromatic N) is 1. The molecule has 0 aromatic heterocycles. The van der Waals surface area contributed by atoms with Gasteiger partial charge in [0.2, 0.25) is 0 Å². The van der Waals surface area contributed by atoms with Crippen molar-refractivity contribution in [3.63, 3.8) is 0 Å². The first kappa shape index (κ1) is 17.2. The van der Waals surface area contributed by atoms with E-state index < -0.39 is 16.7 Å². The zero-order valence-electron chi connectivity index (χ0n) is 12.4. The second-order valence-corrected chi connectivity index (χ2v) is 4.97. The molecular weight excluding hydrogens is 338 g/mol. The van der Waals surface area contributed by atoms with E-state index in [1.54, 1.807) is 24.3 Å². The maximum absolute atomic E-state index is 11.9. The molecule has 0 saturated carbocycles. The van der Waals surface area contributed by atoms with Crippen LogP contribution in [-0.4, -0.2) is 23.8 Å². The summed E-state index contributed by atoms with van der Waals surface area (Å²) in [7, 11) is 1.50. The molecule has 24 heavy (non-hydrogen) atoms. The first-order chi connectivity index (χ1) is 11.4. The van der Waals surface area contributed by atoms with Crippen molar-refractivity contribution >= 4 is 40.5 Å². The lowest BCUT2D eigenvalue weighted by atomic mass is 10.2. The van der Waals surface area contributed by atoms with Crippen molar-refractivity contribution in [3.8, 4) is 5.75 Å². The number of hydrogen-bond acceptors (Lipinski definition) is 5. The Bertz CT molecular complexity index is 792. The Hall–Kier alpha value is -3.13. The minimum atomic E-state index is -1.01. The number of non-ortho nitro benzene ring substituents is 1. The van der Waals surface area contributed by atoms with Crippen LogP contribution in [-0.2, 0) is 9.59 Å². The van der Waals surface area contributed by atoms with E-state index in [0.717, 1.165) is 6.07 Å². The molecule has 0 aliphatic rings. The molecule has 2 N–H and O–H groups in total. The summed E-state index contributed by atoms with van der Waals surface area (Å²) in [4.78, 5) is 33.9. The topological polar surface area (TPSA) is 111 Å². The van der Waals surface area contributed by atoms with Crippen LogP contribution < -0.4 is 15.4 Å². The van der Waals surface area contributed by atoms with Gasteiger partial charge in [-0.15, -0.1) is 0 Å². The van der Waals surface area contributed by atoms with Gasteiger partial charge in [0.1, 0.15) is 5.75 Å². The zero-order chi connectivity index (χ0) is 17.7. The number of anilines is 2. The summed E-state index contributed by atoms with van der Waals surface area (Å²) in [6, 6.07) is 9.87. The first-order valence-electron chi connectivity index (χ1n) is 6.61. The zero-order valence-corrected chi connectivity index (χ0v) is 13.2. The summed E-state index contributed by atoms with van der Waals surface area (Å²) in [6.07, 6.45) is 0. The number of benzene rings is 2. The van der Waals surface area contributed by atoms with E-state index in [1.807, 2.05) is 0 Å². The maximum Gasteiger partial charge on any atom is 0.314 e. The Balaban J connectivity index is 2.07. The molecular formula is C15H12ClN3O5. The molecule has 0 radical (unpaired) electrons. The SMILES string of the molecule is COc1ccc(NC(=O)C(=O)Nc2cc([N+](=O)[O-])ccc2Cl)cc1. The van der Waals surface area contributed by atoms with Gasteiger partial charge in [0.05, 0.1) is 22.7 Å². The number of nitro groups is 1. The van der Waals surface area contributed by atoms with Crippen molar-refractivity contribution < 1.29 is 19.2 Å². The highest BCUT2D eigenvalue weighted by Crippen LogP contribution is 2.26. The predicted molar refractivity (Wildman–Crippen MR) is 88.4 cm³/mol. The Morgan fingerprint density at radius 1 is 1.08 bits per heavy atom. The summed E-state index contributed by atoms with van der Waals surface area (Å²) in [5.41, 5.74) is 0.104. The summed E-state index contributed by atoms with van der Waals surface area (Å²) < 4.78 is 4.98. The molecule has 2 amide bonds. The number of nitro benzene ring substituents is 1. The van der Waals surface area contributed by atoms with Crippen LogP contribution in [0, 0.1) is 10.1 Å². The largest absolute Gasteiger partial charge is 0.497 e. The number of nitrogens with one attached hydrogen (secondary N) is 2. The number of ether oxygens (including phenoxy) is 1. The third-order valence-corrected chi connectivity index (χ3v) is 3.29. The fourth-order valence-corrected chi connectivity index (χ4v) is 1.93. The van der Waals surface area contributed by atoms with Crippen LogP contribution in [0.3, 0.4) is 0 Å². The second-order valence-electron chi connectivity index (χ2n) is 4.56. The van der Waals surface area contributed by atoms with Crippen molar-refractivity contribution in [1.29, 1.82) is 0 Å². The predicted octanol–water partition coefficient (Wildman–Crippen LogP) is 2.83. The minimum Gasteiger partial charge on any atom is -0.497 e. The standard InChI is InChI=1S/C15H12ClN3O5/c1-24-11-5-2-9(3-6-11)17-14(20)15(21)18-13-8-10(19(22)23)4-7-12(13)16/h2-8H,1H3,(H,17,20)(H,18,21). The molecule has 0 aliphatic carbocycles. The van der Waals surface area contributed by atoms with Crippen molar-refractivity contribution in [2.24, 2.45) is 0 Å². The molecule has 0 atom stereocenters. The number of amides is 2. The van der Waals surface area contributed by atoms with Gasteiger partial charge in [0, 0.05) is 17.8 Å². The molecule has 124 valence electrons. The van der Waals surface area contributed by atoms with Gasteiger partial charge >= 0.3 is 11.8 Å². The molecule has 9 heteroatoms. The average Bonchev–Trinajstić information content (AvgIpc) is 2.57. The van der Waals surface area contributed by atoms with Crippen LogP contribution in [0.25, 0.3) is 0 Å². The van der Waals surface area contributed by atoms with Gasteiger partial charge in [-0.05, 0) is 30.3 Å². The molecule has 0 saturated heterocycles. The van der Waals surface area contributed by atoms with Crippen LogP contribution in [0.4, 0.5) is 17.1 Å². The van der Waals surface area contributed by atoms with Gasteiger partial charge in [0.15, 0.2) is 0 Å². The van der Waals surface area contributed by atoms with Crippen molar-refractivity contribution in [1.82, 2.24) is 0 Å². The Kier molecular flexibility index (Phi) is 5.33. The van der Waals surface area contributed by atoms with Crippen molar-refractivity contribution in [3.05, 3.63) is 57.6 Å². The van der Waals surface area contributed by atoms with E-state index in [9.17, 15) is 19.7 Å². The molecule has 0 spiro atoms. The molecule has 2 aromatic rings. The average molecular weight is 350 g/mol. The van der Waals surface area contributed by atoms with E-state index >= 15 is 0 Å². The summed E-state index contributed by atoms with van der Waals surface area (Å²) in [5, 5.41) is 15.4. The normalized spacial score (nSPS) is 9.92. The second kappa shape index (κ2) is 7.42. The van der Waals surface area contributed by atoms with E-state index in [0.29, 0.717) is 11.4 Å². The van der Waals surface area contributed by atoms with Crippen molar-refractivity contribution in [2.75, 3.05) is 17.7 Å². The van der Waals surface area contributed by atoms with Gasteiger partial charge in [-0.3, -0.25) is 19.7 Å². The van der Waals surface area contributed by atoms with Gasteiger partial charge in [-0.1, -0.05) is 11.6 Å². The molecule has 0 fully saturated rings. The number of hydrogen-bond donors (Lipinski definition) is 2. The van der Waals surface area contributed by atoms with E-state index in [-0.39, 0.29) is 16.4 Å². The lowest BCUT2D eigenvalue weighted by Crippen LogP contribution is -2.29. The Labute approximate surface area is 141 Å². The van der Waals surface area contributed by atoms with Crippen LogP contribution in [0.2, 0.25) is 5.02 Å². The number of carbonyl (C=O) groups is 2. The smallest absolute Gasteiger partial charge is 0.314 e. The van der Waals surface area contributed by atoms with Crippen LogP contribution in [0.15, 0.2) is 42.5 Å². The van der Waals surface area contributed by atoms with Gasteiger partial charge in [-0.25, -0.2) is 0 Å². The first-order valence-corrected chi connectivity index (χ1v) is 6.99. The highest BCUT2D eigenvalue weighted by atomic mass is 35.5. The molecule has 0 bridgehead atoms. The van der Waals surface area contributed by atoms with Gasteiger partial charge < -0.3 is 15.4 Å². The molecule has 0 unspecified atom stereocenters. The summed E-state index contributed by atoms with van der Waals surface area (Å²) in [6.45, 7) is 0. The molecule has 2 aromatic carbocycles. The fraction of sp³-hybridized carbons (Fsp3) is 0.0667. The number of carbonyl (C=O) groups excluding carboxylic acids is 2. The third-order valence-electron chi connectivity index (χ3n) is 2.96. The lowest BCUT2D eigenvalue weighted by molar-refractivity contribution is -0.384. The van der Waals surface area contributed by atoms with E-state index in [2.05, 4.69) is 10.6 Å². The highest BCUT2D eigenvalue weighted by Gasteiger charge is 2.17. The Morgan fingerprint density at radius 2 is 1.71 bits per heavy atom. The van der Waals surface area contributed by atoms with Crippen LogP contribution in [0.1, 0.15) is 0 Å². The molecule has 8 nitrogen and oxygen atoms in total. The maximum atomic E-state index is 11.9. The molecule has 0 heterocycles. The Morgan fingerprint density at radius 3 is 2.29 bits per heavy atom. The number of halogens is 1. The summed E-state index contributed by atoms with van der Waals surface area (Å²) >= 11 is 5.86. The summed E-state index contributed by atoms with van der Waals surface area (Å²) in [5.74, 6) is -1.35. The number of methoxy groups -OCH3 is 1. The van der Waals surface area contributed by atoms with Crippen LogP contribution in [0.5, 0.6) is 5.75 Å². The molecule has 0 aliphatic heterocycles. The highest BCUT2D eigenvalue weighted by molar-refractivity contribution is 6.44. The van der Waals surface area contributed by atoms with Gasteiger partial charge in [0.25, 0.3) is 5.69 Å². The monoisotopic (exact) mass is 349 g/mol. The van der Waals surface area contributed by atoms with Gasteiger partial charge in [-0.2, -0.15) is 0 Å². The quantitative estimate of drug-likeness (QED) is 0.501. The lowest BCUT2D eigenvalue weighted by Gasteiger charge is -2.08. The third kappa shape index (κ3) is 4.20. The minimum absolute atomic E-state index is 0.0271. The van der Waals surface area contributed by atoms with E-state index in [1.165, 1.54) is 19.2 Å².